The van der Waals surface area contributed by atoms with E-state index in [9.17, 15) is 9.59 Å². The summed E-state index contributed by atoms with van der Waals surface area (Å²) in [5.74, 6) is -0.570. The summed E-state index contributed by atoms with van der Waals surface area (Å²) < 4.78 is 4.96. The summed E-state index contributed by atoms with van der Waals surface area (Å²) in [6.07, 6.45) is 0. The van der Waals surface area contributed by atoms with Gasteiger partial charge in [0.25, 0.3) is 0 Å². The fourth-order valence-corrected chi connectivity index (χ4v) is 2.42. The maximum atomic E-state index is 11.7. The zero-order valence-electron chi connectivity index (χ0n) is 9.84. The molecule has 0 unspecified atom stereocenters. The first-order valence-electron chi connectivity index (χ1n) is 5.02. The molecule has 88 valence electrons. The monoisotopic (exact) mass is 241 g/mol. The first-order valence-corrected chi connectivity index (χ1v) is 5.83. The Hall–Kier alpha value is -1.36. The standard InChI is InChI=1S/C11H15NO3S/c1-5-15-11(14)9-6(2)7(3)16-10(9)12-8(4)13/h5H2,1-4H3,(H,12,13). The van der Waals surface area contributed by atoms with Gasteiger partial charge in [-0.05, 0) is 26.3 Å². The van der Waals surface area contributed by atoms with Gasteiger partial charge in [-0.15, -0.1) is 11.3 Å². The zero-order valence-corrected chi connectivity index (χ0v) is 10.7. The van der Waals surface area contributed by atoms with Gasteiger partial charge in [-0.2, -0.15) is 0 Å². The first-order chi connectivity index (χ1) is 7.47. The van der Waals surface area contributed by atoms with Crippen molar-refractivity contribution in [1.29, 1.82) is 0 Å². The Morgan fingerprint density at radius 1 is 1.38 bits per heavy atom. The van der Waals surface area contributed by atoms with Crippen LogP contribution in [-0.4, -0.2) is 18.5 Å². The molecule has 0 aliphatic rings. The van der Waals surface area contributed by atoms with E-state index in [4.69, 9.17) is 4.74 Å². The summed E-state index contributed by atoms with van der Waals surface area (Å²) >= 11 is 1.39. The second-order valence-corrected chi connectivity index (χ2v) is 4.61. The highest BCUT2D eigenvalue weighted by atomic mass is 32.1. The van der Waals surface area contributed by atoms with E-state index in [1.54, 1.807) is 6.92 Å². The lowest BCUT2D eigenvalue weighted by molar-refractivity contribution is -0.114. The predicted molar refractivity (Wildman–Crippen MR) is 64.1 cm³/mol. The number of thiophene rings is 1. The van der Waals surface area contributed by atoms with Gasteiger partial charge in [0.1, 0.15) is 5.00 Å². The van der Waals surface area contributed by atoms with Crippen molar-refractivity contribution in [1.82, 2.24) is 0 Å². The number of nitrogens with one attached hydrogen (secondary N) is 1. The molecule has 4 nitrogen and oxygen atoms in total. The predicted octanol–water partition coefficient (Wildman–Crippen LogP) is 2.50. The molecule has 1 aromatic heterocycles. The van der Waals surface area contributed by atoms with Crippen molar-refractivity contribution in [2.75, 3.05) is 11.9 Å². The Labute approximate surface area is 98.6 Å². The van der Waals surface area contributed by atoms with Crippen LogP contribution in [0, 0.1) is 13.8 Å². The van der Waals surface area contributed by atoms with E-state index in [0.29, 0.717) is 17.2 Å². The average Bonchev–Trinajstić information content (AvgIpc) is 2.41. The number of rotatable bonds is 3. The van der Waals surface area contributed by atoms with Gasteiger partial charge in [0.2, 0.25) is 5.91 Å². The molecule has 0 atom stereocenters. The van der Waals surface area contributed by atoms with Crippen LogP contribution in [0.25, 0.3) is 0 Å². The van der Waals surface area contributed by atoms with Gasteiger partial charge in [0.05, 0.1) is 12.2 Å². The zero-order chi connectivity index (χ0) is 12.3. The molecule has 1 rings (SSSR count). The molecule has 5 heteroatoms. The molecule has 0 saturated heterocycles. The molecule has 0 aromatic carbocycles. The summed E-state index contributed by atoms with van der Waals surface area (Å²) in [6, 6.07) is 0. The summed E-state index contributed by atoms with van der Waals surface area (Å²) in [5, 5.41) is 3.22. The molecule has 0 radical (unpaired) electrons. The Bertz CT molecular complexity index is 423. The highest BCUT2D eigenvalue weighted by molar-refractivity contribution is 7.16. The number of carbonyl (C=O) groups is 2. The molecule has 1 N–H and O–H groups in total. The van der Waals surface area contributed by atoms with Crippen LogP contribution in [0.15, 0.2) is 0 Å². The lowest BCUT2D eigenvalue weighted by Crippen LogP contribution is -2.11. The summed E-state index contributed by atoms with van der Waals surface area (Å²) in [6.45, 7) is 7.26. The fourth-order valence-electron chi connectivity index (χ4n) is 1.32. The minimum atomic E-state index is -0.381. The van der Waals surface area contributed by atoms with Crippen molar-refractivity contribution in [3.8, 4) is 0 Å². The van der Waals surface area contributed by atoms with E-state index in [2.05, 4.69) is 5.32 Å². The molecular weight excluding hydrogens is 226 g/mol. The van der Waals surface area contributed by atoms with Crippen LogP contribution in [0.2, 0.25) is 0 Å². The number of esters is 1. The Kier molecular flexibility index (Phi) is 4.06. The van der Waals surface area contributed by atoms with Gasteiger partial charge in [-0.25, -0.2) is 4.79 Å². The molecule has 16 heavy (non-hydrogen) atoms. The van der Waals surface area contributed by atoms with Crippen LogP contribution in [0.3, 0.4) is 0 Å². The molecular formula is C11H15NO3S. The summed E-state index contributed by atoms with van der Waals surface area (Å²) in [7, 11) is 0. The van der Waals surface area contributed by atoms with Gasteiger partial charge >= 0.3 is 5.97 Å². The van der Waals surface area contributed by atoms with Crippen molar-refractivity contribution in [2.24, 2.45) is 0 Å². The number of amides is 1. The number of hydrogen-bond donors (Lipinski definition) is 1. The number of aryl methyl sites for hydroxylation is 1. The molecule has 0 aliphatic heterocycles. The van der Waals surface area contributed by atoms with E-state index in [-0.39, 0.29) is 11.9 Å². The van der Waals surface area contributed by atoms with E-state index in [0.717, 1.165) is 10.4 Å². The van der Waals surface area contributed by atoms with Crippen LogP contribution in [-0.2, 0) is 9.53 Å². The molecule has 1 aromatic rings. The highest BCUT2D eigenvalue weighted by Crippen LogP contribution is 2.32. The van der Waals surface area contributed by atoms with Crippen molar-refractivity contribution in [3.63, 3.8) is 0 Å². The van der Waals surface area contributed by atoms with Crippen LogP contribution in [0.4, 0.5) is 5.00 Å². The van der Waals surface area contributed by atoms with Gasteiger partial charge in [-0.3, -0.25) is 4.79 Å². The van der Waals surface area contributed by atoms with Crippen molar-refractivity contribution < 1.29 is 14.3 Å². The molecule has 0 saturated carbocycles. The van der Waals surface area contributed by atoms with Gasteiger partial charge < -0.3 is 10.1 Å². The highest BCUT2D eigenvalue weighted by Gasteiger charge is 2.20. The minimum Gasteiger partial charge on any atom is -0.462 e. The maximum absolute atomic E-state index is 11.7. The Morgan fingerprint density at radius 2 is 2.00 bits per heavy atom. The third-order valence-corrected chi connectivity index (χ3v) is 3.28. The second kappa shape index (κ2) is 5.12. The Balaban J connectivity index is 3.13. The third kappa shape index (κ3) is 2.61. The molecule has 1 amide bonds. The van der Waals surface area contributed by atoms with Crippen LogP contribution in [0.1, 0.15) is 34.6 Å². The largest absolute Gasteiger partial charge is 0.462 e. The van der Waals surface area contributed by atoms with Crippen LogP contribution >= 0.6 is 11.3 Å². The molecule has 0 bridgehead atoms. The van der Waals surface area contributed by atoms with Gasteiger partial charge in [0, 0.05) is 11.8 Å². The quantitative estimate of drug-likeness (QED) is 0.827. The Morgan fingerprint density at radius 3 is 2.50 bits per heavy atom. The molecule has 1 heterocycles. The SMILES string of the molecule is CCOC(=O)c1c(NC(C)=O)sc(C)c1C. The van der Waals surface area contributed by atoms with Crippen LogP contribution < -0.4 is 5.32 Å². The van der Waals surface area contributed by atoms with E-state index < -0.39 is 0 Å². The second-order valence-electron chi connectivity index (χ2n) is 3.39. The van der Waals surface area contributed by atoms with E-state index in [1.807, 2.05) is 13.8 Å². The van der Waals surface area contributed by atoms with E-state index >= 15 is 0 Å². The number of ether oxygens (including phenoxy) is 1. The fraction of sp³-hybridized carbons (Fsp3) is 0.455. The van der Waals surface area contributed by atoms with Crippen LogP contribution in [0.5, 0.6) is 0 Å². The lowest BCUT2D eigenvalue weighted by Gasteiger charge is -2.05. The first kappa shape index (κ1) is 12.7. The molecule has 0 spiro atoms. The van der Waals surface area contributed by atoms with E-state index in [1.165, 1.54) is 18.3 Å². The summed E-state index contributed by atoms with van der Waals surface area (Å²) in [4.78, 5) is 23.7. The maximum Gasteiger partial charge on any atom is 0.341 e. The van der Waals surface area contributed by atoms with Crippen molar-refractivity contribution in [2.45, 2.75) is 27.7 Å². The van der Waals surface area contributed by atoms with Gasteiger partial charge in [-0.1, -0.05) is 0 Å². The third-order valence-electron chi connectivity index (χ3n) is 2.15. The smallest absolute Gasteiger partial charge is 0.341 e. The topological polar surface area (TPSA) is 55.4 Å². The minimum absolute atomic E-state index is 0.188. The normalized spacial score (nSPS) is 10.0. The average molecular weight is 241 g/mol. The van der Waals surface area contributed by atoms with Gasteiger partial charge in [0.15, 0.2) is 0 Å². The van der Waals surface area contributed by atoms with Crippen molar-refractivity contribution in [3.05, 3.63) is 16.0 Å². The molecule has 0 fully saturated rings. The lowest BCUT2D eigenvalue weighted by atomic mass is 10.1. The summed E-state index contributed by atoms with van der Waals surface area (Å²) in [5.41, 5.74) is 1.34. The number of hydrogen-bond acceptors (Lipinski definition) is 4. The molecule has 0 aliphatic carbocycles. The van der Waals surface area contributed by atoms with Crippen molar-refractivity contribution >= 4 is 28.2 Å². The number of carbonyl (C=O) groups excluding carboxylic acids is 2. The number of anilines is 1.